The van der Waals surface area contributed by atoms with Gasteiger partial charge >= 0.3 is 0 Å². The predicted molar refractivity (Wildman–Crippen MR) is 75.9 cm³/mol. The second kappa shape index (κ2) is 5.76. The summed E-state index contributed by atoms with van der Waals surface area (Å²) in [5, 5.41) is 0. The molecule has 0 aliphatic carbocycles. The Labute approximate surface area is 117 Å². The molecule has 20 heavy (non-hydrogen) atoms. The van der Waals surface area contributed by atoms with Crippen molar-refractivity contribution in [2.45, 2.75) is 25.3 Å². The van der Waals surface area contributed by atoms with E-state index in [4.69, 9.17) is 4.74 Å². The van der Waals surface area contributed by atoms with Gasteiger partial charge in [0.2, 0.25) is 5.78 Å². The van der Waals surface area contributed by atoms with Gasteiger partial charge in [0.15, 0.2) is 0 Å². The van der Waals surface area contributed by atoms with Crippen molar-refractivity contribution in [3.8, 4) is 0 Å². The number of hydrogen-bond acceptors (Lipinski definition) is 4. The van der Waals surface area contributed by atoms with Gasteiger partial charge in [0.1, 0.15) is 0 Å². The molecule has 1 aliphatic heterocycles. The van der Waals surface area contributed by atoms with Crippen LogP contribution < -0.4 is 5.56 Å². The van der Waals surface area contributed by atoms with Gasteiger partial charge in [-0.2, -0.15) is 0 Å². The Morgan fingerprint density at radius 3 is 3.25 bits per heavy atom. The lowest BCUT2D eigenvalue weighted by molar-refractivity contribution is 0.0942. The molecule has 1 atom stereocenters. The molecule has 0 aromatic carbocycles. The summed E-state index contributed by atoms with van der Waals surface area (Å²) in [6, 6.07) is 1.96. The summed E-state index contributed by atoms with van der Waals surface area (Å²) in [5.74, 6) is 0.616. The second-order valence-electron chi connectivity index (χ2n) is 5.22. The summed E-state index contributed by atoms with van der Waals surface area (Å²) in [6.45, 7) is 2.66. The summed E-state index contributed by atoms with van der Waals surface area (Å²) in [6.07, 6.45) is 6.78. The minimum absolute atomic E-state index is 0.0245. The Hall–Kier alpha value is -1.66. The van der Waals surface area contributed by atoms with Crippen molar-refractivity contribution in [3.05, 3.63) is 34.5 Å². The van der Waals surface area contributed by atoms with E-state index in [1.54, 1.807) is 25.6 Å². The van der Waals surface area contributed by atoms with Gasteiger partial charge in [0.05, 0.1) is 12.6 Å². The van der Waals surface area contributed by atoms with E-state index < -0.39 is 0 Å². The number of hydrogen-bond donors (Lipinski definition) is 1. The zero-order valence-corrected chi connectivity index (χ0v) is 11.7. The van der Waals surface area contributed by atoms with E-state index in [-0.39, 0.29) is 11.6 Å². The number of ether oxygens (including phenoxy) is 1. The molecule has 1 aliphatic rings. The highest BCUT2D eigenvalue weighted by molar-refractivity contribution is 5.30. The monoisotopic (exact) mass is 276 g/mol. The normalized spacial score (nSPS) is 20.6. The minimum Gasteiger partial charge on any atom is -0.383 e. The molecule has 108 valence electrons. The number of methoxy groups -OCH3 is 1. The van der Waals surface area contributed by atoms with Crippen LogP contribution in [0.3, 0.4) is 0 Å². The SMILES string of the molecule is COCCN1CCCC[C@@H]1c1cc(=O)n2ccnc2[nH]1. The topological polar surface area (TPSA) is 62.6 Å². The van der Waals surface area contributed by atoms with Gasteiger partial charge in [-0.15, -0.1) is 0 Å². The van der Waals surface area contributed by atoms with Crippen LogP contribution in [0.25, 0.3) is 5.78 Å². The fraction of sp³-hybridized carbons (Fsp3) is 0.571. The van der Waals surface area contributed by atoms with E-state index in [0.717, 1.165) is 25.2 Å². The van der Waals surface area contributed by atoms with E-state index in [9.17, 15) is 4.79 Å². The van der Waals surface area contributed by atoms with Gasteiger partial charge in [0.25, 0.3) is 5.56 Å². The number of imidazole rings is 1. The van der Waals surface area contributed by atoms with E-state index in [1.807, 2.05) is 0 Å². The lowest BCUT2D eigenvalue weighted by atomic mass is 9.99. The van der Waals surface area contributed by atoms with Crippen molar-refractivity contribution in [3.63, 3.8) is 0 Å². The van der Waals surface area contributed by atoms with Crippen LogP contribution >= 0.6 is 0 Å². The smallest absolute Gasteiger partial charge is 0.259 e. The van der Waals surface area contributed by atoms with Crippen LogP contribution in [0.4, 0.5) is 0 Å². The number of aromatic amines is 1. The number of H-pyrrole nitrogens is 1. The van der Waals surface area contributed by atoms with E-state index >= 15 is 0 Å². The standard InChI is InChI=1S/C14H20N4O2/c1-20-9-8-17-6-3-2-4-12(17)11-10-13(19)18-7-5-15-14(18)16-11/h5,7,10,12H,2-4,6,8-9H2,1H3,(H,15,16)/t12-/m1/s1. The van der Waals surface area contributed by atoms with Gasteiger partial charge in [-0.25, -0.2) is 4.98 Å². The van der Waals surface area contributed by atoms with Crippen LogP contribution in [-0.2, 0) is 4.74 Å². The molecule has 0 bridgehead atoms. The van der Waals surface area contributed by atoms with Gasteiger partial charge in [-0.3, -0.25) is 14.1 Å². The van der Waals surface area contributed by atoms with Crippen molar-refractivity contribution in [1.82, 2.24) is 19.3 Å². The summed E-state index contributed by atoms with van der Waals surface area (Å²) in [4.78, 5) is 21.9. The van der Waals surface area contributed by atoms with Crippen LogP contribution in [0.5, 0.6) is 0 Å². The molecule has 0 amide bonds. The van der Waals surface area contributed by atoms with Crippen LogP contribution in [-0.4, -0.2) is 46.1 Å². The molecule has 0 unspecified atom stereocenters. The zero-order chi connectivity index (χ0) is 13.9. The lowest BCUT2D eigenvalue weighted by Gasteiger charge is -2.35. The Morgan fingerprint density at radius 1 is 1.50 bits per heavy atom. The maximum absolute atomic E-state index is 12.1. The molecular formula is C14H20N4O2. The number of piperidine rings is 1. The minimum atomic E-state index is -0.0245. The Morgan fingerprint density at radius 2 is 2.40 bits per heavy atom. The third-order valence-corrected chi connectivity index (χ3v) is 3.97. The maximum atomic E-state index is 12.1. The molecule has 1 fully saturated rings. The summed E-state index contributed by atoms with van der Waals surface area (Å²) >= 11 is 0. The average Bonchev–Trinajstić information content (AvgIpc) is 2.94. The number of nitrogens with one attached hydrogen (secondary N) is 1. The molecule has 6 heteroatoms. The largest absolute Gasteiger partial charge is 0.383 e. The molecule has 0 saturated carbocycles. The molecule has 3 heterocycles. The summed E-state index contributed by atoms with van der Waals surface area (Å²) < 4.78 is 6.71. The lowest BCUT2D eigenvalue weighted by Crippen LogP contribution is -2.37. The summed E-state index contributed by atoms with van der Waals surface area (Å²) in [7, 11) is 1.72. The second-order valence-corrected chi connectivity index (χ2v) is 5.22. The number of likely N-dealkylation sites (tertiary alicyclic amines) is 1. The van der Waals surface area contributed by atoms with E-state index in [1.165, 1.54) is 17.2 Å². The first-order chi connectivity index (χ1) is 9.79. The molecule has 0 spiro atoms. The fourth-order valence-corrected chi connectivity index (χ4v) is 2.94. The number of aromatic nitrogens is 3. The van der Waals surface area contributed by atoms with Crippen LogP contribution in [0, 0.1) is 0 Å². The first-order valence-corrected chi connectivity index (χ1v) is 7.09. The maximum Gasteiger partial charge on any atom is 0.259 e. The van der Waals surface area contributed by atoms with Crippen molar-refractivity contribution in [2.24, 2.45) is 0 Å². The first kappa shape index (κ1) is 13.3. The average molecular weight is 276 g/mol. The first-order valence-electron chi connectivity index (χ1n) is 7.09. The Bertz CT molecular complexity index is 633. The number of nitrogens with zero attached hydrogens (tertiary/aromatic N) is 3. The zero-order valence-electron chi connectivity index (χ0n) is 11.7. The molecule has 2 aromatic heterocycles. The third kappa shape index (κ3) is 2.48. The molecular weight excluding hydrogens is 256 g/mol. The van der Waals surface area contributed by atoms with Gasteiger partial charge < -0.3 is 9.72 Å². The number of rotatable bonds is 4. The van der Waals surface area contributed by atoms with E-state index in [2.05, 4.69) is 14.9 Å². The van der Waals surface area contributed by atoms with Crippen molar-refractivity contribution in [1.29, 1.82) is 0 Å². The Balaban J connectivity index is 1.92. The third-order valence-electron chi connectivity index (χ3n) is 3.97. The van der Waals surface area contributed by atoms with E-state index in [0.29, 0.717) is 12.4 Å². The molecule has 6 nitrogen and oxygen atoms in total. The van der Waals surface area contributed by atoms with Gasteiger partial charge in [-0.1, -0.05) is 6.42 Å². The molecule has 1 saturated heterocycles. The van der Waals surface area contributed by atoms with Crippen molar-refractivity contribution < 1.29 is 4.74 Å². The quantitative estimate of drug-likeness (QED) is 0.911. The Kier molecular flexibility index (Phi) is 3.84. The van der Waals surface area contributed by atoms with Crippen molar-refractivity contribution in [2.75, 3.05) is 26.8 Å². The molecule has 3 rings (SSSR count). The van der Waals surface area contributed by atoms with Crippen LogP contribution in [0.15, 0.2) is 23.3 Å². The summed E-state index contributed by atoms with van der Waals surface area (Å²) in [5.41, 5.74) is 0.938. The van der Waals surface area contributed by atoms with Gasteiger partial charge in [0, 0.05) is 37.8 Å². The molecule has 1 N–H and O–H groups in total. The molecule has 0 radical (unpaired) electrons. The highest BCUT2D eigenvalue weighted by Crippen LogP contribution is 2.28. The predicted octanol–water partition coefficient (Wildman–Crippen LogP) is 1.20. The number of fused-ring (bicyclic) bond motifs is 1. The van der Waals surface area contributed by atoms with Crippen LogP contribution in [0.1, 0.15) is 31.0 Å². The van der Waals surface area contributed by atoms with Crippen LogP contribution in [0.2, 0.25) is 0 Å². The highest BCUT2D eigenvalue weighted by atomic mass is 16.5. The fourth-order valence-electron chi connectivity index (χ4n) is 2.94. The highest BCUT2D eigenvalue weighted by Gasteiger charge is 2.24. The van der Waals surface area contributed by atoms with Gasteiger partial charge in [-0.05, 0) is 19.4 Å². The van der Waals surface area contributed by atoms with Crippen molar-refractivity contribution >= 4 is 5.78 Å². The molecule has 2 aromatic rings.